The van der Waals surface area contributed by atoms with Crippen LogP contribution in [0.5, 0.6) is 0 Å². The number of esters is 1. The third-order valence-corrected chi connectivity index (χ3v) is 2.50. The molecule has 0 aromatic heterocycles. The Kier molecular flexibility index (Phi) is 4.76. The SMILES string of the molecule is C=C[C@@H]1CCCN1C(=O)/C=C/C(=O)OCC. The molecule has 0 radical (unpaired) electrons. The van der Waals surface area contributed by atoms with E-state index in [1.54, 1.807) is 17.9 Å². The first-order chi connectivity index (χ1) is 7.69. The number of carbonyl (C=O) groups is 2. The zero-order valence-corrected chi connectivity index (χ0v) is 9.52. The molecule has 1 rings (SSSR count). The summed E-state index contributed by atoms with van der Waals surface area (Å²) in [5, 5.41) is 0. The summed E-state index contributed by atoms with van der Waals surface area (Å²) in [6.45, 7) is 6.46. The third-order valence-electron chi connectivity index (χ3n) is 2.50. The van der Waals surface area contributed by atoms with E-state index in [1.165, 1.54) is 12.2 Å². The number of ether oxygens (including phenoxy) is 1. The van der Waals surface area contributed by atoms with Crippen molar-refractivity contribution in [1.29, 1.82) is 0 Å². The highest BCUT2D eigenvalue weighted by Crippen LogP contribution is 2.17. The quantitative estimate of drug-likeness (QED) is 0.410. The van der Waals surface area contributed by atoms with Crippen LogP contribution in [-0.2, 0) is 14.3 Å². The molecular weight excluding hydrogens is 206 g/mol. The van der Waals surface area contributed by atoms with E-state index in [4.69, 9.17) is 4.74 Å². The van der Waals surface area contributed by atoms with Crippen LogP contribution in [0.15, 0.2) is 24.8 Å². The van der Waals surface area contributed by atoms with Crippen molar-refractivity contribution in [1.82, 2.24) is 4.90 Å². The molecule has 4 heteroatoms. The summed E-state index contributed by atoms with van der Waals surface area (Å²) < 4.78 is 4.69. The Labute approximate surface area is 95.6 Å². The van der Waals surface area contributed by atoms with Gasteiger partial charge in [-0.3, -0.25) is 4.79 Å². The second-order valence-corrected chi connectivity index (χ2v) is 3.56. The number of hydrogen-bond acceptors (Lipinski definition) is 3. The Balaban J connectivity index is 2.51. The Hall–Kier alpha value is -1.58. The Morgan fingerprint density at radius 3 is 2.88 bits per heavy atom. The summed E-state index contributed by atoms with van der Waals surface area (Å²) in [6.07, 6.45) is 6.13. The van der Waals surface area contributed by atoms with Gasteiger partial charge in [0.1, 0.15) is 0 Å². The maximum absolute atomic E-state index is 11.7. The van der Waals surface area contributed by atoms with E-state index >= 15 is 0 Å². The fourth-order valence-electron chi connectivity index (χ4n) is 1.74. The Morgan fingerprint density at radius 1 is 1.50 bits per heavy atom. The monoisotopic (exact) mass is 223 g/mol. The van der Waals surface area contributed by atoms with Crippen molar-refractivity contribution in [3.8, 4) is 0 Å². The molecule has 1 atom stereocenters. The lowest BCUT2D eigenvalue weighted by molar-refractivity contribution is -0.137. The highest BCUT2D eigenvalue weighted by molar-refractivity contribution is 5.94. The molecule has 4 nitrogen and oxygen atoms in total. The molecule has 1 aliphatic rings. The largest absolute Gasteiger partial charge is 0.463 e. The van der Waals surface area contributed by atoms with E-state index in [-0.39, 0.29) is 11.9 Å². The minimum atomic E-state index is -0.481. The van der Waals surface area contributed by atoms with Gasteiger partial charge in [-0.1, -0.05) is 6.08 Å². The normalized spacial score (nSPS) is 20.1. The van der Waals surface area contributed by atoms with Crippen molar-refractivity contribution in [3.63, 3.8) is 0 Å². The minimum Gasteiger partial charge on any atom is -0.463 e. The van der Waals surface area contributed by atoms with Gasteiger partial charge in [0, 0.05) is 18.7 Å². The lowest BCUT2D eigenvalue weighted by Crippen LogP contribution is -2.32. The van der Waals surface area contributed by atoms with Crippen molar-refractivity contribution in [2.45, 2.75) is 25.8 Å². The fourth-order valence-corrected chi connectivity index (χ4v) is 1.74. The number of carbonyl (C=O) groups excluding carboxylic acids is 2. The van der Waals surface area contributed by atoms with Crippen LogP contribution in [0, 0.1) is 0 Å². The Bertz CT molecular complexity index is 309. The second-order valence-electron chi connectivity index (χ2n) is 3.56. The summed E-state index contributed by atoms with van der Waals surface area (Å²) in [6, 6.07) is 0.0966. The topological polar surface area (TPSA) is 46.6 Å². The molecule has 1 fully saturated rings. The van der Waals surface area contributed by atoms with E-state index in [0.717, 1.165) is 19.4 Å². The minimum absolute atomic E-state index is 0.0966. The molecule has 0 aromatic carbocycles. The van der Waals surface area contributed by atoms with Crippen LogP contribution in [0.4, 0.5) is 0 Å². The lowest BCUT2D eigenvalue weighted by Gasteiger charge is -2.19. The first-order valence-electron chi connectivity index (χ1n) is 5.47. The van der Waals surface area contributed by atoms with E-state index < -0.39 is 5.97 Å². The van der Waals surface area contributed by atoms with E-state index in [9.17, 15) is 9.59 Å². The van der Waals surface area contributed by atoms with Gasteiger partial charge in [0.05, 0.1) is 12.6 Å². The average Bonchev–Trinajstić information content (AvgIpc) is 2.74. The van der Waals surface area contributed by atoms with E-state index in [1.807, 2.05) is 0 Å². The predicted molar refractivity (Wildman–Crippen MR) is 60.7 cm³/mol. The molecule has 1 amide bonds. The number of hydrogen-bond donors (Lipinski definition) is 0. The summed E-state index contributed by atoms with van der Waals surface area (Å²) >= 11 is 0. The summed E-state index contributed by atoms with van der Waals surface area (Å²) in [4.78, 5) is 24.4. The number of nitrogens with zero attached hydrogens (tertiary/aromatic N) is 1. The van der Waals surface area contributed by atoms with Crippen LogP contribution in [0.2, 0.25) is 0 Å². The fraction of sp³-hybridized carbons (Fsp3) is 0.500. The van der Waals surface area contributed by atoms with Crippen LogP contribution in [-0.4, -0.2) is 36.0 Å². The van der Waals surface area contributed by atoms with Crippen LogP contribution in [0.1, 0.15) is 19.8 Å². The molecule has 1 aliphatic heterocycles. The van der Waals surface area contributed by atoms with Gasteiger partial charge in [-0.05, 0) is 19.8 Å². The van der Waals surface area contributed by atoms with Crippen molar-refractivity contribution in [3.05, 3.63) is 24.8 Å². The summed E-state index contributed by atoms with van der Waals surface area (Å²) in [7, 11) is 0. The first-order valence-corrected chi connectivity index (χ1v) is 5.47. The van der Waals surface area contributed by atoms with Crippen molar-refractivity contribution in [2.75, 3.05) is 13.2 Å². The summed E-state index contributed by atoms with van der Waals surface area (Å²) in [5.41, 5.74) is 0. The molecule has 0 N–H and O–H groups in total. The van der Waals surface area contributed by atoms with E-state index in [0.29, 0.717) is 6.61 Å². The zero-order chi connectivity index (χ0) is 12.0. The molecule has 88 valence electrons. The molecule has 0 aromatic rings. The standard InChI is InChI=1S/C12H17NO3/c1-3-10-6-5-9-13(10)11(14)7-8-12(15)16-4-2/h3,7-8,10H,1,4-6,9H2,2H3/b8-7+/t10-/m1/s1. The molecular formula is C12H17NO3. The summed E-state index contributed by atoms with van der Waals surface area (Å²) in [5.74, 6) is -0.638. The van der Waals surface area contributed by atoms with Crippen molar-refractivity contribution < 1.29 is 14.3 Å². The van der Waals surface area contributed by atoms with Gasteiger partial charge in [0.15, 0.2) is 0 Å². The lowest BCUT2D eigenvalue weighted by atomic mass is 10.2. The smallest absolute Gasteiger partial charge is 0.330 e. The van der Waals surface area contributed by atoms with Crippen LogP contribution in [0.25, 0.3) is 0 Å². The molecule has 0 aliphatic carbocycles. The maximum Gasteiger partial charge on any atom is 0.330 e. The predicted octanol–water partition coefficient (Wildman–Crippen LogP) is 1.28. The second kappa shape index (κ2) is 6.10. The third kappa shape index (κ3) is 3.22. The van der Waals surface area contributed by atoms with Crippen LogP contribution < -0.4 is 0 Å². The van der Waals surface area contributed by atoms with Crippen molar-refractivity contribution >= 4 is 11.9 Å². The molecule has 1 saturated heterocycles. The van der Waals surface area contributed by atoms with Gasteiger partial charge in [0.2, 0.25) is 5.91 Å². The van der Waals surface area contributed by atoms with Gasteiger partial charge < -0.3 is 9.64 Å². The molecule has 0 saturated carbocycles. The van der Waals surface area contributed by atoms with Gasteiger partial charge in [-0.25, -0.2) is 4.79 Å². The van der Waals surface area contributed by atoms with E-state index in [2.05, 4.69) is 6.58 Å². The molecule has 0 spiro atoms. The molecule has 0 bridgehead atoms. The number of likely N-dealkylation sites (tertiary alicyclic amines) is 1. The average molecular weight is 223 g/mol. The highest BCUT2D eigenvalue weighted by Gasteiger charge is 2.24. The van der Waals surface area contributed by atoms with Crippen LogP contribution in [0.3, 0.4) is 0 Å². The molecule has 0 unspecified atom stereocenters. The highest BCUT2D eigenvalue weighted by atomic mass is 16.5. The van der Waals surface area contributed by atoms with Gasteiger partial charge in [-0.15, -0.1) is 6.58 Å². The van der Waals surface area contributed by atoms with Crippen LogP contribution >= 0.6 is 0 Å². The number of rotatable bonds is 4. The maximum atomic E-state index is 11.7. The molecule has 1 heterocycles. The first kappa shape index (κ1) is 12.5. The zero-order valence-electron chi connectivity index (χ0n) is 9.52. The van der Waals surface area contributed by atoms with Crippen molar-refractivity contribution in [2.24, 2.45) is 0 Å². The van der Waals surface area contributed by atoms with Gasteiger partial charge in [0.25, 0.3) is 0 Å². The Morgan fingerprint density at radius 2 is 2.25 bits per heavy atom. The van der Waals surface area contributed by atoms with Gasteiger partial charge in [-0.2, -0.15) is 0 Å². The van der Waals surface area contributed by atoms with Gasteiger partial charge >= 0.3 is 5.97 Å². The molecule has 16 heavy (non-hydrogen) atoms. The number of amides is 1.